The zero-order valence-corrected chi connectivity index (χ0v) is 33.1. The van der Waals surface area contributed by atoms with E-state index >= 15 is 0 Å². The average molecular weight is 813 g/mol. The second kappa shape index (κ2) is 16.7. The summed E-state index contributed by atoms with van der Waals surface area (Å²) in [6.07, 6.45) is 7.29. The summed E-state index contributed by atoms with van der Waals surface area (Å²) < 4.78 is 59.4. The van der Waals surface area contributed by atoms with Crippen molar-refractivity contribution in [3.63, 3.8) is 0 Å². The summed E-state index contributed by atoms with van der Waals surface area (Å²) >= 11 is 8.46. The lowest BCUT2D eigenvalue weighted by atomic mass is 9.88. The third kappa shape index (κ3) is 9.90. The van der Waals surface area contributed by atoms with Gasteiger partial charge in [0.05, 0.1) is 40.3 Å². The van der Waals surface area contributed by atoms with Crippen LogP contribution in [-0.2, 0) is 51.8 Å². The highest BCUT2D eigenvalue weighted by atomic mass is 35.5. The molecular weight excluding hydrogens is 772 g/mol. The van der Waals surface area contributed by atoms with E-state index in [1.165, 1.54) is 42.5 Å². The van der Waals surface area contributed by atoms with E-state index in [9.17, 15) is 31.5 Å². The van der Waals surface area contributed by atoms with Gasteiger partial charge in [-0.15, -0.1) is 11.3 Å². The van der Waals surface area contributed by atoms with Crippen LogP contribution in [0.2, 0.25) is 5.02 Å². The Morgan fingerprint density at radius 2 is 1.48 bits per heavy atom. The van der Waals surface area contributed by atoms with Gasteiger partial charge in [0.1, 0.15) is 19.0 Å². The average Bonchev–Trinajstić information content (AvgIpc) is 3.73. The fraction of sp³-hybridized carbons (Fsp3) is 0.333. The smallest absolute Gasteiger partial charge is 0.340 e. The Morgan fingerprint density at radius 1 is 0.852 bits per heavy atom. The van der Waals surface area contributed by atoms with Crippen LogP contribution >= 0.6 is 22.9 Å². The third-order valence-corrected chi connectivity index (χ3v) is 12.7. The van der Waals surface area contributed by atoms with Crippen LogP contribution in [0.1, 0.15) is 46.0 Å². The quantitative estimate of drug-likeness (QED) is 0.161. The number of halogens is 1. The SMILES string of the molecule is CS(=O)(=O)CCOC(=O)C1=Cc2ccc(O)cc2C(c2ccc(CN3CCCC3)cc2)N(Cc2sc3ccccc3c2Cl)C=C1C(=O)OCCS(C)(=O)=O. The van der Waals surface area contributed by atoms with Crippen LogP contribution in [0.25, 0.3) is 16.2 Å². The van der Waals surface area contributed by atoms with Crippen molar-refractivity contribution >= 4 is 70.7 Å². The molecule has 1 aromatic heterocycles. The Morgan fingerprint density at radius 3 is 2.11 bits per heavy atom. The minimum absolute atomic E-state index is 0.0279. The van der Waals surface area contributed by atoms with Gasteiger partial charge in [-0.25, -0.2) is 26.4 Å². The van der Waals surface area contributed by atoms with Crippen molar-refractivity contribution in [1.29, 1.82) is 0 Å². The van der Waals surface area contributed by atoms with E-state index in [2.05, 4.69) is 17.0 Å². The van der Waals surface area contributed by atoms with Crippen LogP contribution in [0.15, 0.2) is 84.1 Å². The number of benzene rings is 3. The van der Waals surface area contributed by atoms with Gasteiger partial charge in [-0.05, 0) is 72.5 Å². The Kier molecular flexibility index (Phi) is 12.2. The summed E-state index contributed by atoms with van der Waals surface area (Å²) in [5.41, 5.74) is 2.54. The predicted molar refractivity (Wildman–Crippen MR) is 211 cm³/mol. The summed E-state index contributed by atoms with van der Waals surface area (Å²) in [7, 11) is -6.99. The summed E-state index contributed by atoms with van der Waals surface area (Å²) in [6, 6.07) is 19.8. The standard InChI is InChI=1S/C39H41ClN2O9S3/c1-53(46,47)19-17-50-38(44)32-21-28-13-14-29(43)22-31(28)37(27-11-9-26(10-12-27)23-41-15-5-6-16-41)42(24-33(32)39(45)51-18-20-54(2,48)49)25-35-36(40)30-7-3-4-8-34(30)52-35/h3-4,7-14,21-22,24,37,43H,5-6,15-20,23,25H2,1-2H3. The first-order valence-electron chi connectivity index (χ1n) is 17.3. The molecule has 2 aliphatic rings. The number of aromatic hydroxyl groups is 1. The van der Waals surface area contributed by atoms with Crippen molar-refractivity contribution in [2.75, 3.05) is 50.3 Å². The van der Waals surface area contributed by atoms with Gasteiger partial charge in [0.25, 0.3) is 0 Å². The van der Waals surface area contributed by atoms with Gasteiger partial charge >= 0.3 is 11.9 Å². The molecule has 15 heteroatoms. The van der Waals surface area contributed by atoms with E-state index < -0.39 is 62.4 Å². The highest BCUT2D eigenvalue weighted by Gasteiger charge is 2.33. The highest BCUT2D eigenvalue weighted by Crippen LogP contribution is 2.42. The number of carbonyl (C=O) groups is 2. The van der Waals surface area contributed by atoms with Gasteiger partial charge in [0, 0.05) is 40.2 Å². The Hall–Kier alpha value is -4.21. The largest absolute Gasteiger partial charge is 0.508 e. The zero-order valence-electron chi connectivity index (χ0n) is 29.9. The van der Waals surface area contributed by atoms with Crippen LogP contribution in [0.4, 0.5) is 0 Å². The number of thiophene rings is 1. The first-order chi connectivity index (χ1) is 25.6. The number of ether oxygens (including phenoxy) is 2. The van der Waals surface area contributed by atoms with Crippen LogP contribution < -0.4 is 0 Å². The number of phenolic OH excluding ortho intramolecular Hbond substituents is 1. The van der Waals surface area contributed by atoms with Crippen molar-refractivity contribution < 1.29 is 41.0 Å². The molecule has 1 atom stereocenters. The van der Waals surface area contributed by atoms with Crippen molar-refractivity contribution in [3.8, 4) is 5.75 Å². The summed E-state index contributed by atoms with van der Waals surface area (Å²) in [5.74, 6) is -2.90. The second-order valence-electron chi connectivity index (χ2n) is 13.6. The number of esters is 2. The maximum atomic E-state index is 14.0. The number of rotatable bonds is 13. The van der Waals surface area contributed by atoms with Gasteiger partial charge < -0.3 is 19.5 Å². The number of carbonyl (C=O) groups excluding carboxylic acids is 2. The monoisotopic (exact) mass is 812 g/mol. The molecule has 1 unspecified atom stereocenters. The lowest BCUT2D eigenvalue weighted by molar-refractivity contribution is -0.142. The number of likely N-dealkylation sites (tertiary alicyclic amines) is 1. The van der Waals surface area contributed by atoms with E-state index in [0.29, 0.717) is 16.1 Å². The molecule has 286 valence electrons. The zero-order chi connectivity index (χ0) is 38.6. The van der Waals surface area contributed by atoms with Gasteiger partial charge in [-0.2, -0.15) is 0 Å². The lowest BCUT2D eigenvalue weighted by Gasteiger charge is -2.35. The molecule has 11 nitrogen and oxygen atoms in total. The summed E-state index contributed by atoms with van der Waals surface area (Å²) in [5, 5.41) is 12.2. The first kappa shape index (κ1) is 39.5. The van der Waals surface area contributed by atoms with Crippen molar-refractivity contribution in [2.24, 2.45) is 0 Å². The molecule has 0 amide bonds. The van der Waals surface area contributed by atoms with Crippen LogP contribution in [-0.4, -0.2) is 94.0 Å². The molecule has 1 saturated heterocycles. The molecule has 3 heterocycles. The molecule has 2 aliphatic heterocycles. The minimum Gasteiger partial charge on any atom is -0.508 e. The van der Waals surface area contributed by atoms with Crippen molar-refractivity contribution in [3.05, 3.63) is 116 Å². The number of phenols is 1. The molecule has 6 rings (SSSR count). The topological polar surface area (TPSA) is 148 Å². The molecular formula is C39H41ClN2O9S3. The van der Waals surface area contributed by atoms with Gasteiger partial charge in [-0.3, -0.25) is 4.90 Å². The third-order valence-electron chi connectivity index (χ3n) is 9.22. The molecule has 0 aliphatic carbocycles. The lowest BCUT2D eigenvalue weighted by Crippen LogP contribution is -2.30. The molecule has 0 bridgehead atoms. The van der Waals surface area contributed by atoms with Crippen LogP contribution in [0, 0.1) is 0 Å². The van der Waals surface area contributed by atoms with Crippen LogP contribution in [0.3, 0.4) is 0 Å². The Bertz CT molecular complexity index is 2330. The number of hydrogen-bond acceptors (Lipinski definition) is 12. The van der Waals surface area contributed by atoms with E-state index in [1.54, 1.807) is 12.1 Å². The maximum Gasteiger partial charge on any atom is 0.340 e. The number of nitrogens with zero attached hydrogens (tertiary/aromatic N) is 2. The molecule has 4 aromatic rings. The Labute approximate surface area is 324 Å². The normalized spacial score (nSPS) is 16.6. The summed E-state index contributed by atoms with van der Waals surface area (Å²) in [6.45, 7) is 2.09. The highest BCUT2D eigenvalue weighted by molar-refractivity contribution is 7.90. The van der Waals surface area contributed by atoms with Gasteiger partial charge in [0.2, 0.25) is 0 Å². The first-order valence-corrected chi connectivity index (χ1v) is 22.7. The molecule has 3 aromatic carbocycles. The van der Waals surface area contributed by atoms with E-state index in [1.807, 2.05) is 41.3 Å². The fourth-order valence-corrected chi connectivity index (χ4v) is 8.83. The number of hydrogen-bond donors (Lipinski definition) is 1. The molecule has 0 radical (unpaired) electrons. The van der Waals surface area contributed by atoms with E-state index in [-0.39, 0.29) is 23.4 Å². The van der Waals surface area contributed by atoms with E-state index in [4.69, 9.17) is 21.1 Å². The Balaban J connectivity index is 1.52. The number of sulfone groups is 2. The second-order valence-corrected chi connectivity index (χ2v) is 19.6. The van der Waals surface area contributed by atoms with Gasteiger partial charge in [-0.1, -0.05) is 60.1 Å². The maximum absolute atomic E-state index is 14.0. The fourth-order valence-electron chi connectivity index (χ4n) is 6.56. The van der Waals surface area contributed by atoms with Crippen molar-refractivity contribution in [1.82, 2.24) is 9.80 Å². The van der Waals surface area contributed by atoms with Crippen molar-refractivity contribution in [2.45, 2.75) is 32.0 Å². The predicted octanol–water partition coefficient (Wildman–Crippen LogP) is 5.90. The minimum atomic E-state index is -3.50. The van der Waals surface area contributed by atoms with Gasteiger partial charge in [0.15, 0.2) is 19.7 Å². The summed E-state index contributed by atoms with van der Waals surface area (Å²) in [4.78, 5) is 32.8. The van der Waals surface area contributed by atoms with Crippen LogP contribution in [0.5, 0.6) is 5.75 Å². The molecule has 1 N–H and O–H groups in total. The van der Waals surface area contributed by atoms with E-state index in [0.717, 1.165) is 58.2 Å². The molecule has 54 heavy (non-hydrogen) atoms. The molecule has 0 spiro atoms. The molecule has 0 saturated carbocycles. The molecule has 1 fully saturated rings. The number of fused-ring (bicyclic) bond motifs is 2.